The highest BCUT2D eigenvalue weighted by Crippen LogP contribution is 2.44. The Morgan fingerprint density at radius 2 is 1.35 bits per heavy atom. The number of benzene rings is 1. The highest BCUT2D eigenvalue weighted by atomic mass is 32.2. The summed E-state index contributed by atoms with van der Waals surface area (Å²) in [6.07, 6.45) is 0.436. The molecule has 0 aromatic heterocycles. The van der Waals surface area contributed by atoms with Crippen LogP contribution in [0.25, 0.3) is 0 Å². The van der Waals surface area contributed by atoms with Crippen molar-refractivity contribution in [3.05, 3.63) is 29.8 Å². The first-order chi connectivity index (χ1) is 22.8. The molecule has 1 aliphatic rings. The van der Waals surface area contributed by atoms with E-state index in [1.54, 1.807) is 31.2 Å². The molecule has 18 nitrogen and oxygen atoms in total. The van der Waals surface area contributed by atoms with E-state index >= 15 is 0 Å². The molecule has 1 saturated carbocycles. The molecule has 1 atom stereocenters. The summed E-state index contributed by atoms with van der Waals surface area (Å²) in [4.78, 5) is 57.0. The molecule has 1 unspecified atom stereocenters. The van der Waals surface area contributed by atoms with Crippen molar-refractivity contribution in [1.82, 2.24) is 10.6 Å². The summed E-state index contributed by atoms with van der Waals surface area (Å²) in [6.45, 7) is 3.09. The number of carboxylic acids is 1. The lowest BCUT2D eigenvalue weighted by Crippen LogP contribution is -2.33. The molecule has 2 amide bonds. The van der Waals surface area contributed by atoms with Crippen molar-refractivity contribution in [2.45, 2.75) is 84.5 Å². The number of amides is 2. The van der Waals surface area contributed by atoms with Crippen molar-refractivity contribution < 1.29 is 74.0 Å². The Labute approximate surface area is 284 Å². The number of rotatable bonds is 18. The molecule has 20 heteroatoms. The van der Waals surface area contributed by atoms with E-state index in [9.17, 15) is 40.8 Å². The summed E-state index contributed by atoms with van der Waals surface area (Å²) in [5, 5.41) is 13.6. The Kier molecular flexibility index (Phi) is 18.6. The molecule has 2 rings (SSSR count). The molecule has 0 aliphatic heterocycles. The van der Waals surface area contributed by atoms with Gasteiger partial charge in [0.15, 0.2) is 0 Å². The zero-order valence-corrected chi connectivity index (χ0v) is 28.9. The largest absolute Gasteiger partial charge is 0.481 e. The van der Waals surface area contributed by atoms with Gasteiger partial charge in [-0.2, -0.15) is 16.8 Å². The van der Waals surface area contributed by atoms with E-state index in [0.717, 1.165) is 12.8 Å². The van der Waals surface area contributed by atoms with Crippen LogP contribution in [0.5, 0.6) is 5.75 Å². The van der Waals surface area contributed by atoms with E-state index in [-0.39, 0.29) is 57.8 Å². The van der Waals surface area contributed by atoms with Gasteiger partial charge in [0.05, 0.1) is 24.3 Å². The van der Waals surface area contributed by atoms with E-state index in [1.165, 1.54) is 6.92 Å². The van der Waals surface area contributed by atoms with Crippen LogP contribution in [0.2, 0.25) is 0 Å². The highest BCUT2D eigenvalue weighted by molar-refractivity contribution is 7.86. The zero-order valence-electron chi connectivity index (χ0n) is 27.3. The molecule has 0 saturated heterocycles. The number of alkyl carbamates (subject to hydrolysis) is 2. The van der Waals surface area contributed by atoms with Crippen molar-refractivity contribution in [1.29, 1.82) is 0 Å². The number of esters is 2. The Morgan fingerprint density at radius 1 is 0.816 bits per heavy atom. The number of hydrogen-bond acceptors (Lipinski definition) is 13. The fraction of sp³-hybridized carbons (Fsp3) is 0.621. The molecule has 1 aromatic carbocycles. The molecular weight excluding hydrogens is 696 g/mol. The third-order valence-electron chi connectivity index (χ3n) is 6.79. The van der Waals surface area contributed by atoms with Crippen LogP contribution in [0, 0.1) is 5.41 Å². The Hall–Kier alpha value is -4.01. The molecule has 0 radical (unpaired) electrons. The summed E-state index contributed by atoms with van der Waals surface area (Å²) in [7, 11) is -8.11. The van der Waals surface area contributed by atoms with Crippen LogP contribution in [-0.4, -0.2) is 92.0 Å². The maximum absolute atomic E-state index is 12.0. The topological polar surface area (TPSA) is 275 Å². The molecule has 1 aromatic rings. The minimum absolute atomic E-state index is 0.000188. The summed E-state index contributed by atoms with van der Waals surface area (Å²) < 4.78 is 78.8. The summed E-state index contributed by atoms with van der Waals surface area (Å²) in [5.74, 6) is -2.45. The molecule has 0 bridgehead atoms. The summed E-state index contributed by atoms with van der Waals surface area (Å²) >= 11 is 0. The summed E-state index contributed by atoms with van der Waals surface area (Å²) in [5.41, 5.74) is 0.0927. The lowest BCUT2D eigenvalue weighted by Gasteiger charge is -2.26. The van der Waals surface area contributed by atoms with Gasteiger partial charge in [-0.25, -0.2) is 9.59 Å². The van der Waals surface area contributed by atoms with Crippen molar-refractivity contribution in [2.24, 2.45) is 5.41 Å². The average Bonchev–Trinajstić information content (AvgIpc) is 3.43. The van der Waals surface area contributed by atoms with Gasteiger partial charge in [0, 0.05) is 26.4 Å². The highest BCUT2D eigenvalue weighted by Gasteiger charge is 2.39. The second kappa shape index (κ2) is 21.2. The van der Waals surface area contributed by atoms with Gasteiger partial charge in [0.1, 0.15) is 12.4 Å². The van der Waals surface area contributed by atoms with E-state index in [1.807, 2.05) is 0 Å². The molecule has 1 aliphatic carbocycles. The third-order valence-corrected chi connectivity index (χ3v) is 8.40. The fourth-order valence-electron chi connectivity index (χ4n) is 4.56. The van der Waals surface area contributed by atoms with Gasteiger partial charge in [0.2, 0.25) is 6.29 Å². The van der Waals surface area contributed by atoms with Gasteiger partial charge < -0.3 is 34.7 Å². The first-order valence-corrected chi connectivity index (χ1v) is 18.5. The zero-order chi connectivity index (χ0) is 37.1. The van der Waals surface area contributed by atoms with Crippen molar-refractivity contribution >= 4 is 50.3 Å². The second-order valence-corrected chi connectivity index (χ2v) is 14.2. The minimum atomic E-state index is -4.09. The Bertz CT molecular complexity index is 1460. The number of ether oxygens (including phenoxy) is 4. The quantitative estimate of drug-likeness (QED) is 0.0476. The number of carboxylic acid groups (broad SMARTS) is 1. The van der Waals surface area contributed by atoms with Crippen molar-refractivity contribution in [3.63, 3.8) is 0 Å². The monoisotopic (exact) mass is 740 g/mol. The summed E-state index contributed by atoms with van der Waals surface area (Å²) in [6, 6.07) is 6.50. The lowest BCUT2D eigenvalue weighted by molar-refractivity contribution is -0.168. The van der Waals surface area contributed by atoms with Gasteiger partial charge in [0.25, 0.3) is 20.2 Å². The van der Waals surface area contributed by atoms with Gasteiger partial charge >= 0.3 is 30.1 Å². The van der Waals surface area contributed by atoms with E-state index in [0.29, 0.717) is 24.2 Å². The molecule has 0 heterocycles. The third kappa shape index (κ3) is 21.6. The van der Waals surface area contributed by atoms with E-state index < -0.39 is 67.6 Å². The molecular formula is C29H44N2O16S2. The number of hydrogen-bond donors (Lipinski definition) is 5. The number of carbonyl (C=O) groups excluding carboxylic acids is 4. The number of carbonyl (C=O) groups is 5. The van der Waals surface area contributed by atoms with Crippen molar-refractivity contribution in [3.8, 4) is 5.75 Å². The second-order valence-electron chi connectivity index (χ2n) is 11.1. The minimum Gasteiger partial charge on any atom is -0.481 e. The molecule has 278 valence electrons. The first-order valence-electron chi connectivity index (χ1n) is 15.3. The van der Waals surface area contributed by atoms with Crippen LogP contribution in [-0.2, 0) is 55.4 Å². The van der Waals surface area contributed by atoms with Gasteiger partial charge in [-0.05, 0) is 48.8 Å². The van der Waals surface area contributed by atoms with Crippen molar-refractivity contribution in [2.75, 3.05) is 24.6 Å². The lowest BCUT2D eigenvalue weighted by atomic mass is 9.79. The van der Waals surface area contributed by atoms with Crippen LogP contribution in [0.1, 0.15) is 77.2 Å². The molecule has 1 fully saturated rings. The maximum Gasteiger partial charge on any atom is 0.410 e. The first kappa shape index (κ1) is 43.0. The van der Waals surface area contributed by atoms with Crippen LogP contribution in [0.15, 0.2) is 24.3 Å². The Balaban J connectivity index is 0.000000494. The molecule has 5 N–H and O–H groups in total. The maximum atomic E-state index is 12.0. The SMILES string of the molecule is CC(OC(=O)CC1(CC(=O)O)CCCC1)OC(=O)NCCCS(=O)(=O)O.CCC(=O)Oc1ccc(COC(=O)NCCCS(=O)(=O)O)cc1. The number of aliphatic carboxylic acids is 1. The Morgan fingerprint density at radius 3 is 1.84 bits per heavy atom. The van der Waals surface area contributed by atoms with Crippen LogP contribution < -0.4 is 15.4 Å². The standard InChI is InChI=1S/C15H25NO9S.C14H19NO7S/c1-11(25-14(20)16-7-4-8-26(21,22)23)24-13(19)10-15(9-12(17)18)5-2-3-6-15;1-2-13(16)22-12-6-4-11(5-7-12)10-21-14(17)15-8-3-9-23(18,19)20/h11H,2-10H2,1H3,(H,16,20)(H,17,18)(H,21,22,23);4-7H,2-3,8-10H2,1H3,(H,15,17)(H,18,19,20). The predicted molar refractivity (Wildman–Crippen MR) is 170 cm³/mol. The van der Waals surface area contributed by atoms with Crippen LogP contribution in [0.4, 0.5) is 9.59 Å². The number of nitrogens with one attached hydrogen (secondary N) is 2. The van der Waals surface area contributed by atoms with Gasteiger partial charge in [-0.1, -0.05) is 31.9 Å². The van der Waals surface area contributed by atoms with E-state index in [2.05, 4.69) is 10.6 Å². The fourth-order valence-corrected chi connectivity index (χ4v) is 5.58. The van der Waals surface area contributed by atoms with Gasteiger partial charge in [-0.15, -0.1) is 0 Å². The van der Waals surface area contributed by atoms with Crippen LogP contribution in [0.3, 0.4) is 0 Å². The normalized spacial score (nSPS) is 14.3. The van der Waals surface area contributed by atoms with Crippen LogP contribution >= 0.6 is 0 Å². The van der Waals surface area contributed by atoms with E-state index in [4.69, 9.17) is 33.2 Å². The van der Waals surface area contributed by atoms with Gasteiger partial charge in [-0.3, -0.25) is 23.5 Å². The average molecular weight is 741 g/mol. The smallest absolute Gasteiger partial charge is 0.410 e. The predicted octanol–water partition coefficient (Wildman–Crippen LogP) is 2.81. The molecule has 49 heavy (non-hydrogen) atoms. The molecule has 0 spiro atoms.